The van der Waals surface area contributed by atoms with Crippen molar-refractivity contribution in [3.05, 3.63) is 0 Å². The lowest BCUT2D eigenvalue weighted by Gasteiger charge is -2.21. The molecule has 0 aromatic rings. The first-order valence-electron chi connectivity index (χ1n) is 36.8. The minimum Gasteiger partial charge on any atom is -0.462 e. The third kappa shape index (κ3) is 64.8. The van der Waals surface area contributed by atoms with Gasteiger partial charge in [0.25, 0.3) is 0 Å². The smallest absolute Gasteiger partial charge is 0.462 e. The van der Waals surface area contributed by atoms with Crippen LogP contribution in [-0.4, -0.2) is 96.7 Å². The summed E-state index contributed by atoms with van der Waals surface area (Å²) in [7, 11) is -9.90. The molecule has 0 saturated heterocycles. The highest BCUT2D eigenvalue weighted by atomic mass is 31.2. The number of aliphatic hydroxyl groups excluding tert-OH is 1. The summed E-state index contributed by atoms with van der Waals surface area (Å²) in [6.07, 6.45) is 45.9. The number of hydrogen-bond donors (Lipinski definition) is 3. The standard InChI is InChI=1S/C71H138O17P2/c1-8-9-10-11-28-38-45-52-68(73)81-58-66(87-71(76)55-48-41-34-27-21-24-31-37-44-51-64(6)7)60-85-89(77,78)83-56-65(72)57-84-90(79,80)86-61-67(59-82-69(74)53-46-39-32-25-20-16-18-23-30-36-43-50-63(4)5)88-70(75)54-47-40-33-26-19-15-13-12-14-17-22-29-35-42-49-62(2)3/h62-67,72H,8-61H2,1-7H3,(H,77,78)(H,79,80)/t65-,66+,67+/m0/s1. The Balaban J connectivity index is 5.21. The fourth-order valence-corrected chi connectivity index (χ4v) is 12.3. The number of aliphatic hydroxyl groups is 1. The van der Waals surface area contributed by atoms with E-state index < -0.39 is 97.5 Å². The molecule has 0 saturated carbocycles. The molecule has 0 aliphatic carbocycles. The number of phosphoric acid groups is 2. The molecule has 0 fully saturated rings. The number of phosphoric ester groups is 2. The van der Waals surface area contributed by atoms with Crippen molar-refractivity contribution in [1.29, 1.82) is 0 Å². The van der Waals surface area contributed by atoms with Gasteiger partial charge < -0.3 is 33.8 Å². The van der Waals surface area contributed by atoms with E-state index in [1.54, 1.807) is 0 Å². The van der Waals surface area contributed by atoms with Crippen molar-refractivity contribution >= 4 is 39.5 Å². The highest BCUT2D eigenvalue weighted by Crippen LogP contribution is 2.45. The Kier molecular flexibility index (Phi) is 60.6. The second-order valence-electron chi connectivity index (χ2n) is 27.1. The molecule has 5 atom stereocenters. The Hall–Kier alpha value is -1.94. The van der Waals surface area contributed by atoms with Crippen molar-refractivity contribution < 1.29 is 80.2 Å². The van der Waals surface area contributed by atoms with Gasteiger partial charge in [-0.3, -0.25) is 37.3 Å². The molecule has 0 aliphatic heterocycles. The van der Waals surface area contributed by atoms with E-state index in [4.69, 9.17) is 37.0 Å². The first kappa shape index (κ1) is 88.1. The van der Waals surface area contributed by atoms with Crippen molar-refractivity contribution in [3.63, 3.8) is 0 Å². The van der Waals surface area contributed by atoms with Crippen molar-refractivity contribution in [1.82, 2.24) is 0 Å². The van der Waals surface area contributed by atoms with Crippen LogP contribution in [0.15, 0.2) is 0 Å². The quantitative estimate of drug-likeness (QED) is 0.0222. The van der Waals surface area contributed by atoms with Crippen LogP contribution in [0.2, 0.25) is 0 Å². The Bertz CT molecular complexity index is 1770. The predicted molar refractivity (Wildman–Crippen MR) is 363 cm³/mol. The van der Waals surface area contributed by atoms with Crippen LogP contribution >= 0.6 is 15.6 Å². The molecule has 0 aromatic carbocycles. The number of esters is 4. The van der Waals surface area contributed by atoms with Gasteiger partial charge in [-0.05, 0) is 43.4 Å². The van der Waals surface area contributed by atoms with Gasteiger partial charge in [-0.1, -0.05) is 305 Å². The molecule has 0 spiro atoms. The highest BCUT2D eigenvalue weighted by molar-refractivity contribution is 7.47. The highest BCUT2D eigenvalue weighted by Gasteiger charge is 2.30. The Morgan fingerprint density at radius 2 is 0.511 bits per heavy atom. The van der Waals surface area contributed by atoms with Crippen LogP contribution in [0.3, 0.4) is 0 Å². The molecule has 0 heterocycles. The Labute approximate surface area is 549 Å². The third-order valence-electron chi connectivity index (χ3n) is 16.4. The van der Waals surface area contributed by atoms with Crippen molar-refractivity contribution in [2.75, 3.05) is 39.6 Å². The van der Waals surface area contributed by atoms with Crippen molar-refractivity contribution in [2.24, 2.45) is 17.8 Å². The summed E-state index contributed by atoms with van der Waals surface area (Å²) in [6, 6.07) is 0. The van der Waals surface area contributed by atoms with Crippen LogP contribution < -0.4 is 0 Å². The summed E-state index contributed by atoms with van der Waals surface area (Å²) < 4.78 is 68.2. The van der Waals surface area contributed by atoms with E-state index >= 15 is 0 Å². The largest absolute Gasteiger partial charge is 0.472 e. The zero-order chi connectivity index (χ0) is 66.6. The summed E-state index contributed by atoms with van der Waals surface area (Å²) in [5.74, 6) is 0.174. The SMILES string of the molecule is CCCCCCCCCC(=O)OC[C@H](COP(=O)(O)OC[C@H](O)COP(=O)(O)OC[C@@H](COC(=O)CCCCCCCCCCCCCC(C)C)OC(=O)CCCCCCCCCCCCCCCCC(C)C)OC(=O)CCCCCCCCCCCC(C)C. The number of carbonyl (C=O) groups is 4. The van der Waals surface area contributed by atoms with E-state index in [0.29, 0.717) is 25.7 Å². The van der Waals surface area contributed by atoms with E-state index in [1.807, 2.05) is 0 Å². The second-order valence-corrected chi connectivity index (χ2v) is 30.0. The van der Waals surface area contributed by atoms with Gasteiger partial charge in [-0.15, -0.1) is 0 Å². The van der Waals surface area contributed by atoms with Gasteiger partial charge in [0.15, 0.2) is 12.2 Å². The summed E-state index contributed by atoms with van der Waals surface area (Å²) in [5, 5.41) is 10.6. The number of carbonyl (C=O) groups excluding carboxylic acids is 4. The molecule has 0 aliphatic rings. The van der Waals surface area contributed by atoms with Crippen LogP contribution in [0.4, 0.5) is 0 Å². The fraction of sp³-hybridized carbons (Fsp3) is 0.944. The van der Waals surface area contributed by atoms with Crippen LogP contribution in [0.1, 0.15) is 357 Å². The first-order valence-corrected chi connectivity index (χ1v) is 39.8. The lowest BCUT2D eigenvalue weighted by Crippen LogP contribution is -2.30. The fourth-order valence-electron chi connectivity index (χ4n) is 10.7. The van der Waals surface area contributed by atoms with E-state index in [0.717, 1.165) is 120 Å². The summed E-state index contributed by atoms with van der Waals surface area (Å²) >= 11 is 0. The molecule has 19 heteroatoms. The molecule has 2 unspecified atom stereocenters. The van der Waals surface area contributed by atoms with Gasteiger partial charge in [0.1, 0.15) is 19.3 Å². The van der Waals surface area contributed by atoms with E-state index in [1.165, 1.54) is 154 Å². The molecule has 0 radical (unpaired) electrons. The van der Waals surface area contributed by atoms with E-state index in [-0.39, 0.29) is 25.7 Å². The average Bonchev–Trinajstić information content (AvgIpc) is 2.88. The van der Waals surface area contributed by atoms with Gasteiger partial charge in [-0.25, -0.2) is 9.13 Å². The molecule has 3 N–H and O–H groups in total. The Morgan fingerprint density at radius 1 is 0.300 bits per heavy atom. The van der Waals surface area contributed by atoms with Gasteiger partial charge in [-0.2, -0.15) is 0 Å². The molecule has 90 heavy (non-hydrogen) atoms. The monoisotopic (exact) mass is 1320 g/mol. The average molecular weight is 1330 g/mol. The molecule has 534 valence electrons. The summed E-state index contributed by atoms with van der Waals surface area (Å²) in [4.78, 5) is 72.5. The van der Waals surface area contributed by atoms with E-state index in [2.05, 4.69) is 48.5 Å². The van der Waals surface area contributed by atoms with Crippen molar-refractivity contribution in [3.8, 4) is 0 Å². The van der Waals surface area contributed by atoms with Gasteiger partial charge in [0.2, 0.25) is 0 Å². The van der Waals surface area contributed by atoms with Gasteiger partial charge in [0, 0.05) is 25.7 Å². The topological polar surface area (TPSA) is 237 Å². The molecule has 17 nitrogen and oxygen atoms in total. The molecule has 0 aromatic heterocycles. The predicted octanol–water partition coefficient (Wildman–Crippen LogP) is 20.2. The van der Waals surface area contributed by atoms with Crippen molar-refractivity contribution in [2.45, 2.75) is 375 Å². The third-order valence-corrected chi connectivity index (χ3v) is 18.3. The number of hydrogen-bond acceptors (Lipinski definition) is 15. The van der Waals surface area contributed by atoms with Crippen LogP contribution in [-0.2, 0) is 65.4 Å². The Morgan fingerprint density at radius 3 is 0.756 bits per heavy atom. The van der Waals surface area contributed by atoms with Crippen LogP contribution in [0, 0.1) is 17.8 Å². The summed E-state index contributed by atoms with van der Waals surface area (Å²) in [5.41, 5.74) is 0. The molecular weight excluding hydrogens is 1190 g/mol. The molecule has 0 amide bonds. The minimum absolute atomic E-state index is 0.105. The number of ether oxygens (including phenoxy) is 4. The molecular formula is C71H138O17P2. The van der Waals surface area contributed by atoms with Gasteiger partial charge in [0.05, 0.1) is 26.4 Å². The lowest BCUT2D eigenvalue weighted by atomic mass is 10.0. The molecule has 0 rings (SSSR count). The van der Waals surface area contributed by atoms with E-state index in [9.17, 15) is 43.2 Å². The zero-order valence-electron chi connectivity index (χ0n) is 58.6. The zero-order valence-corrected chi connectivity index (χ0v) is 60.4. The lowest BCUT2D eigenvalue weighted by molar-refractivity contribution is -0.161. The maximum absolute atomic E-state index is 13.0. The maximum atomic E-state index is 13.0. The first-order chi connectivity index (χ1) is 43.2. The second kappa shape index (κ2) is 61.9. The minimum atomic E-state index is -4.95. The normalized spacial score (nSPS) is 14.2. The van der Waals surface area contributed by atoms with Crippen LogP contribution in [0.25, 0.3) is 0 Å². The van der Waals surface area contributed by atoms with Gasteiger partial charge >= 0.3 is 39.5 Å². The summed E-state index contributed by atoms with van der Waals surface area (Å²) in [6.45, 7) is 11.8. The molecule has 0 bridgehead atoms. The number of unbranched alkanes of at least 4 members (excludes halogenated alkanes) is 37. The maximum Gasteiger partial charge on any atom is 0.472 e. The van der Waals surface area contributed by atoms with Crippen LogP contribution in [0.5, 0.6) is 0 Å². The number of rotatable bonds is 69.